The number of imide groups is 1. The van der Waals surface area contributed by atoms with E-state index in [1.54, 1.807) is 18.5 Å². The van der Waals surface area contributed by atoms with Crippen LogP contribution >= 0.6 is 0 Å². The van der Waals surface area contributed by atoms with Crippen LogP contribution in [0.4, 0.5) is 11.4 Å². The number of nitrogens with zero attached hydrogens (tertiary/aromatic N) is 4. The van der Waals surface area contributed by atoms with Crippen LogP contribution in [-0.4, -0.2) is 21.4 Å². The van der Waals surface area contributed by atoms with Crippen LogP contribution in [0.3, 0.4) is 0 Å². The highest BCUT2D eigenvalue weighted by molar-refractivity contribution is 6.36. The van der Waals surface area contributed by atoms with Crippen molar-refractivity contribution in [1.82, 2.24) is 9.55 Å². The Labute approximate surface area is 287 Å². The first-order chi connectivity index (χ1) is 24.6. The minimum absolute atomic E-state index is 0.355. The largest absolute Gasteiger partial charge is 0.308 e. The van der Waals surface area contributed by atoms with E-state index in [4.69, 9.17) is 6.57 Å². The molecule has 0 bridgehead atoms. The van der Waals surface area contributed by atoms with Crippen LogP contribution in [0.2, 0.25) is 0 Å². The highest BCUT2D eigenvalue weighted by Crippen LogP contribution is 2.42. The lowest BCUT2D eigenvalue weighted by atomic mass is 9.97. The summed E-state index contributed by atoms with van der Waals surface area (Å²) in [7, 11) is 0. The van der Waals surface area contributed by atoms with Crippen LogP contribution in [0.1, 0.15) is 20.7 Å². The second-order valence-corrected chi connectivity index (χ2v) is 12.2. The average Bonchev–Trinajstić information content (AvgIpc) is 3.65. The molecule has 0 fully saturated rings. The fraction of sp³-hybridized carbons (Fsp3) is 0. The number of fused-ring (bicyclic) bond motifs is 4. The zero-order valence-corrected chi connectivity index (χ0v) is 26.6. The number of para-hydroxylation sites is 1. The van der Waals surface area contributed by atoms with Crippen molar-refractivity contribution in [3.63, 3.8) is 0 Å². The van der Waals surface area contributed by atoms with Gasteiger partial charge in [-0.15, -0.1) is 0 Å². The Morgan fingerprint density at radius 2 is 1.20 bits per heavy atom. The van der Waals surface area contributed by atoms with Crippen molar-refractivity contribution in [1.29, 1.82) is 0 Å². The zero-order valence-electron chi connectivity index (χ0n) is 26.6. The maximum atomic E-state index is 14.7. The van der Waals surface area contributed by atoms with Crippen LogP contribution < -0.4 is 4.90 Å². The maximum Gasteiger partial charge on any atom is 0.268 e. The summed E-state index contributed by atoms with van der Waals surface area (Å²) in [6.07, 6.45) is 3.31. The van der Waals surface area contributed by atoms with Crippen molar-refractivity contribution < 1.29 is 9.59 Å². The molecule has 234 valence electrons. The van der Waals surface area contributed by atoms with Crippen LogP contribution in [-0.2, 0) is 0 Å². The number of benzene rings is 6. The molecule has 9 rings (SSSR count). The van der Waals surface area contributed by atoms with Gasteiger partial charge in [0.05, 0.1) is 40.1 Å². The third-order valence-electron chi connectivity index (χ3n) is 9.42. The minimum atomic E-state index is -0.366. The third-order valence-corrected chi connectivity index (χ3v) is 9.42. The smallest absolute Gasteiger partial charge is 0.268 e. The molecule has 0 saturated carbocycles. The molecule has 2 amide bonds. The number of hydrogen-bond acceptors (Lipinski definition) is 3. The molecular formula is C44H26N4O2. The Hall–Kier alpha value is -7.10. The summed E-state index contributed by atoms with van der Waals surface area (Å²) in [5, 5.41) is 1.99. The van der Waals surface area contributed by atoms with Crippen molar-refractivity contribution in [2.24, 2.45) is 0 Å². The van der Waals surface area contributed by atoms with Gasteiger partial charge in [-0.3, -0.25) is 14.6 Å². The Morgan fingerprint density at radius 3 is 2.00 bits per heavy atom. The van der Waals surface area contributed by atoms with Crippen LogP contribution in [0.15, 0.2) is 158 Å². The summed E-state index contributed by atoms with van der Waals surface area (Å²) < 4.78 is 2.08. The normalized spacial score (nSPS) is 12.4. The van der Waals surface area contributed by atoms with Crippen LogP contribution in [0.5, 0.6) is 0 Å². The maximum absolute atomic E-state index is 14.7. The lowest BCUT2D eigenvalue weighted by molar-refractivity contribution is 0.0926. The molecule has 0 atom stereocenters. The van der Waals surface area contributed by atoms with Gasteiger partial charge in [0.2, 0.25) is 5.69 Å². The molecule has 0 saturated heterocycles. The second-order valence-electron chi connectivity index (χ2n) is 12.2. The Kier molecular flexibility index (Phi) is 6.72. The summed E-state index contributed by atoms with van der Waals surface area (Å²) in [6, 6.07) is 47.4. The van der Waals surface area contributed by atoms with E-state index in [-0.39, 0.29) is 11.8 Å². The van der Waals surface area contributed by atoms with Gasteiger partial charge in [-0.2, -0.15) is 0 Å². The molecule has 3 heterocycles. The summed E-state index contributed by atoms with van der Waals surface area (Å²) in [4.78, 5) is 38.2. The minimum Gasteiger partial charge on any atom is -0.308 e. The van der Waals surface area contributed by atoms with Gasteiger partial charge in [-0.25, -0.2) is 9.74 Å². The topological polar surface area (TPSA) is 59.6 Å². The SMILES string of the molecule is [C-]#[N+]c1cncc(-c2ccc3c(c2)c2ccccc2n3-c2cccc3c2C(=O)N(c2ccc(-c4ccccc4)cc2-c2ccccc2)C3=O)c1. The summed E-state index contributed by atoms with van der Waals surface area (Å²) >= 11 is 0. The monoisotopic (exact) mass is 642 g/mol. The number of pyridine rings is 1. The second kappa shape index (κ2) is 11.6. The molecule has 6 aromatic carbocycles. The van der Waals surface area contributed by atoms with Gasteiger partial charge in [0, 0.05) is 28.7 Å². The summed E-state index contributed by atoms with van der Waals surface area (Å²) in [6.45, 7) is 7.43. The van der Waals surface area contributed by atoms with E-state index in [0.717, 1.165) is 55.2 Å². The molecule has 50 heavy (non-hydrogen) atoms. The predicted octanol–water partition coefficient (Wildman–Crippen LogP) is 10.5. The summed E-state index contributed by atoms with van der Waals surface area (Å²) in [5.74, 6) is -0.721. The van der Waals surface area contributed by atoms with Crippen LogP contribution in [0, 0.1) is 6.57 Å². The average molecular weight is 643 g/mol. The van der Waals surface area contributed by atoms with Gasteiger partial charge in [0.15, 0.2) is 0 Å². The molecule has 6 nitrogen and oxygen atoms in total. The Bertz CT molecular complexity index is 2710. The number of rotatable bonds is 5. The number of carbonyl (C=O) groups is 2. The molecule has 1 aliphatic heterocycles. The number of aromatic nitrogens is 2. The molecule has 2 aromatic heterocycles. The lowest BCUT2D eigenvalue weighted by Crippen LogP contribution is -2.30. The van der Waals surface area contributed by atoms with Crippen molar-refractivity contribution in [3.8, 4) is 39.1 Å². The highest BCUT2D eigenvalue weighted by atomic mass is 16.2. The van der Waals surface area contributed by atoms with E-state index < -0.39 is 0 Å². The van der Waals surface area contributed by atoms with Gasteiger partial charge >= 0.3 is 0 Å². The van der Waals surface area contributed by atoms with Crippen molar-refractivity contribution in [2.45, 2.75) is 0 Å². The number of anilines is 1. The molecule has 0 aliphatic carbocycles. The Morgan fingerprint density at radius 1 is 0.500 bits per heavy atom. The number of carbonyl (C=O) groups excluding carboxylic acids is 2. The quantitative estimate of drug-likeness (QED) is 0.139. The van der Waals surface area contributed by atoms with Gasteiger partial charge in [0.25, 0.3) is 11.8 Å². The van der Waals surface area contributed by atoms with E-state index in [1.165, 1.54) is 4.90 Å². The van der Waals surface area contributed by atoms with Gasteiger partial charge in [-0.1, -0.05) is 97.1 Å². The molecule has 6 heteroatoms. The number of hydrogen-bond donors (Lipinski definition) is 0. The molecule has 8 aromatic rings. The fourth-order valence-electron chi connectivity index (χ4n) is 7.12. The highest BCUT2D eigenvalue weighted by Gasteiger charge is 2.40. The van der Waals surface area contributed by atoms with Crippen molar-refractivity contribution >= 4 is 45.0 Å². The van der Waals surface area contributed by atoms with E-state index in [2.05, 4.69) is 32.6 Å². The predicted molar refractivity (Wildman–Crippen MR) is 199 cm³/mol. The van der Waals surface area contributed by atoms with Gasteiger partial charge < -0.3 is 4.57 Å². The van der Waals surface area contributed by atoms with Crippen molar-refractivity contribution in [3.05, 3.63) is 181 Å². The van der Waals surface area contributed by atoms with Crippen LogP contribution in [0.25, 0.3) is 65.7 Å². The molecule has 1 aliphatic rings. The third kappa shape index (κ3) is 4.53. The van der Waals surface area contributed by atoms with Gasteiger partial charge in [0.1, 0.15) is 0 Å². The fourth-order valence-corrected chi connectivity index (χ4v) is 7.12. The zero-order chi connectivity index (χ0) is 33.8. The van der Waals surface area contributed by atoms with E-state index in [1.807, 2.05) is 121 Å². The van der Waals surface area contributed by atoms with E-state index in [9.17, 15) is 9.59 Å². The molecule has 0 unspecified atom stereocenters. The van der Waals surface area contributed by atoms with Crippen molar-refractivity contribution in [2.75, 3.05) is 4.90 Å². The van der Waals surface area contributed by atoms with Gasteiger partial charge in [-0.05, 0) is 76.3 Å². The first kappa shape index (κ1) is 29.1. The summed E-state index contributed by atoms with van der Waals surface area (Å²) in [5.41, 5.74) is 9.72. The number of amides is 2. The standard InChI is InChI=1S/C44H26N4O2/c1-45-33-23-32(26-46-27-33)31-20-22-40-37(25-31)34-15-8-9-17-38(34)47(40)41-18-10-16-35-42(41)44(50)48(43(35)49)39-21-19-30(28-11-4-2-5-12-28)24-36(39)29-13-6-3-7-14-29/h2-27H. The molecule has 0 radical (unpaired) electrons. The molecule has 0 spiro atoms. The molecular weight excluding hydrogens is 617 g/mol. The lowest BCUT2D eigenvalue weighted by Gasteiger charge is -2.20. The first-order valence-corrected chi connectivity index (χ1v) is 16.2. The Balaban J connectivity index is 1.21. The first-order valence-electron chi connectivity index (χ1n) is 16.2. The molecule has 0 N–H and O–H groups in total. The van der Waals surface area contributed by atoms with E-state index in [0.29, 0.717) is 28.2 Å². The van der Waals surface area contributed by atoms with E-state index >= 15 is 0 Å².